The summed E-state index contributed by atoms with van der Waals surface area (Å²) < 4.78 is 1.28. The summed E-state index contributed by atoms with van der Waals surface area (Å²) >= 11 is 6.45. The first kappa shape index (κ1) is 23.1. The number of carbonyl (C=O) groups is 2. The fraction of sp³-hybridized carbons (Fsp3) is 0.280. The van der Waals surface area contributed by atoms with Gasteiger partial charge in [-0.2, -0.15) is 9.78 Å². The molecule has 9 nitrogen and oxygen atoms in total. The molecule has 3 aromatic rings. The number of piperazine rings is 1. The normalized spacial score (nSPS) is 20.9. The molecule has 1 aromatic heterocycles. The molecule has 2 fully saturated rings. The number of hydrogen-bond acceptors (Lipinski definition) is 6. The molecular weight excluding hydrogens is 468 g/mol. The van der Waals surface area contributed by atoms with Crippen LogP contribution in [-0.4, -0.2) is 64.4 Å². The molecular formula is C25H25ClN6O3. The maximum Gasteiger partial charge on any atom is 0.326 e. The smallest absolute Gasteiger partial charge is 0.326 e. The van der Waals surface area contributed by atoms with Crippen molar-refractivity contribution in [1.29, 1.82) is 0 Å². The lowest BCUT2D eigenvalue weighted by Gasteiger charge is -2.37. The maximum atomic E-state index is 13.2. The number of halogens is 1. The Morgan fingerprint density at radius 1 is 0.943 bits per heavy atom. The molecule has 5 rings (SSSR count). The van der Waals surface area contributed by atoms with Crippen molar-refractivity contribution in [2.24, 2.45) is 0 Å². The first-order valence-corrected chi connectivity index (χ1v) is 11.8. The van der Waals surface area contributed by atoms with Gasteiger partial charge in [-0.25, -0.2) is 9.69 Å². The van der Waals surface area contributed by atoms with Gasteiger partial charge in [-0.3, -0.25) is 14.5 Å². The highest BCUT2D eigenvalue weighted by Gasteiger charge is 2.49. The SMILES string of the molecule is CC1(c2ccccc2)NC(=O)N(CN2CCN(c3cnn(-c4ccccc4)c(=O)c3Cl)CC2)C1=O. The molecule has 3 amide bonds. The topological polar surface area (TPSA) is 90.8 Å². The fourth-order valence-corrected chi connectivity index (χ4v) is 4.77. The van der Waals surface area contributed by atoms with E-state index in [0.717, 1.165) is 5.56 Å². The minimum Gasteiger partial charge on any atom is -0.366 e. The first-order valence-electron chi connectivity index (χ1n) is 11.4. The van der Waals surface area contributed by atoms with Gasteiger partial charge < -0.3 is 10.2 Å². The molecule has 1 unspecified atom stereocenters. The Kier molecular flexibility index (Phi) is 6.04. The quantitative estimate of drug-likeness (QED) is 0.550. The third-order valence-corrected chi connectivity index (χ3v) is 6.94. The number of rotatable bonds is 5. The predicted molar refractivity (Wildman–Crippen MR) is 133 cm³/mol. The second-order valence-electron chi connectivity index (χ2n) is 8.80. The molecule has 1 N–H and O–H groups in total. The van der Waals surface area contributed by atoms with Gasteiger partial charge in [-0.05, 0) is 24.6 Å². The Morgan fingerprint density at radius 2 is 1.57 bits per heavy atom. The van der Waals surface area contributed by atoms with Crippen LogP contribution in [0.2, 0.25) is 5.02 Å². The Bertz CT molecular complexity index is 1310. The van der Waals surface area contributed by atoms with E-state index < -0.39 is 11.6 Å². The number of carbonyl (C=O) groups excluding carboxylic acids is 2. The lowest BCUT2D eigenvalue weighted by molar-refractivity contribution is -0.132. The van der Waals surface area contributed by atoms with Crippen molar-refractivity contribution in [3.63, 3.8) is 0 Å². The van der Waals surface area contributed by atoms with Crippen LogP contribution in [0, 0.1) is 0 Å². The Labute approximate surface area is 207 Å². The highest BCUT2D eigenvalue weighted by Crippen LogP contribution is 2.29. The van der Waals surface area contributed by atoms with E-state index in [2.05, 4.69) is 10.4 Å². The number of nitrogens with one attached hydrogen (secondary N) is 1. The molecule has 2 saturated heterocycles. The Balaban J connectivity index is 1.25. The molecule has 2 aliphatic heterocycles. The average Bonchev–Trinajstić information content (AvgIpc) is 3.11. The average molecular weight is 493 g/mol. The van der Waals surface area contributed by atoms with Gasteiger partial charge >= 0.3 is 6.03 Å². The lowest BCUT2D eigenvalue weighted by Crippen LogP contribution is -2.52. The van der Waals surface area contributed by atoms with Crippen molar-refractivity contribution in [3.8, 4) is 5.69 Å². The van der Waals surface area contributed by atoms with Gasteiger partial charge in [0.05, 0.1) is 24.2 Å². The number of imide groups is 1. The molecule has 3 heterocycles. The number of anilines is 1. The number of benzene rings is 2. The zero-order chi connectivity index (χ0) is 24.6. The van der Waals surface area contributed by atoms with Crippen LogP contribution in [0.3, 0.4) is 0 Å². The summed E-state index contributed by atoms with van der Waals surface area (Å²) in [5.41, 5.74) is 0.513. The van der Waals surface area contributed by atoms with Crippen LogP contribution in [0.5, 0.6) is 0 Å². The van der Waals surface area contributed by atoms with Crippen molar-refractivity contribution in [2.75, 3.05) is 37.7 Å². The summed E-state index contributed by atoms with van der Waals surface area (Å²) in [5, 5.41) is 7.27. The highest BCUT2D eigenvalue weighted by molar-refractivity contribution is 6.33. The molecule has 0 saturated carbocycles. The zero-order valence-corrected chi connectivity index (χ0v) is 20.0. The molecule has 1 atom stereocenters. The van der Waals surface area contributed by atoms with Crippen LogP contribution in [-0.2, 0) is 10.3 Å². The molecule has 2 aliphatic rings. The zero-order valence-electron chi connectivity index (χ0n) is 19.2. The molecule has 35 heavy (non-hydrogen) atoms. The van der Waals surface area contributed by atoms with E-state index in [0.29, 0.717) is 37.6 Å². The standard InChI is InChI=1S/C25H25ClN6O3/c1-25(18-8-4-2-5-9-18)23(34)31(24(35)28-25)17-29-12-14-30(15-13-29)20-16-27-32(22(33)21(20)26)19-10-6-3-7-11-19/h2-11,16H,12-15,17H2,1H3,(H,28,35). The summed E-state index contributed by atoms with van der Waals surface area (Å²) in [5.74, 6) is -0.270. The van der Waals surface area contributed by atoms with E-state index in [9.17, 15) is 14.4 Å². The van der Waals surface area contributed by atoms with Gasteiger partial charge in [0.1, 0.15) is 10.6 Å². The maximum absolute atomic E-state index is 13.2. The molecule has 0 aliphatic carbocycles. The predicted octanol–water partition coefficient (Wildman–Crippen LogP) is 2.43. The van der Waals surface area contributed by atoms with E-state index in [-0.39, 0.29) is 23.2 Å². The molecule has 10 heteroatoms. The van der Waals surface area contributed by atoms with Gasteiger partial charge in [0, 0.05) is 26.2 Å². The molecule has 0 bridgehead atoms. The number of urea groups is 1. The molecule has 0 radical (unpaired) electrons. The summed E-state index contributed by atoms with van der Waals surface area (Å²) in [7, 11) is 0. The van der Waals surface area contributed by atoms with E-state index in [4.69, 9.17) is 11.6 Å². The summed E-state index contributed by atoms with van der Waals surface area (Å²) in [6.07, 6.45) is 1.61. The highest BCUT2D eigenvalue weighted by atomic mass is 35.5. The third kappa shape index (κ3) is 4.17. The van der Waals surface area contributed by atoms with Gasteiger partial charge in [-0.15, -0.1) is 0 Å². The molecule has 180 valence electrons. The van der Waals surface area contributed by atoms with E-state index in [1.165, 1.54) is 9.58 Å². The van der Waals surface area contributed by atoms with Crippen LogP contribution in [0.15, 0.2) is 71.7 Å². The largest absolute Gasteiger partial charge is 0.366 e. The minimum atomic E-state index is -1.08. The van der Waals surface area contributed by atoms with Gasteiger partial charge in [0.2, 0.25) is 0 Å². The lowest BCUT2D eigenvalue weighted by atomic mass is 9.92. The summed E-state index contributed by atoms with van der Waals surface area (Å²) in [6, 6.07) is 18.0. The first-order chi connectivity index (χ1) is 16.9. The van der Waals surface area contributed by atoms with Crippen molar-refractivity contribution >= 4 is 29.2 Å². The number of nitrogens with zero attached hydrogens (tertiary/aromatic N) is 5. The van der Waals surface area contributed by atoms with Crippen molar-refractivity contribution in [3.05, 3.63) is 87.8 Å². The number of aromatic nitrogens is 2. The number of hydrogen-bond donors (Lipinski definition) is 1. The van der Waals surface area contributed by atoms with Crippen molar-refractivity contribution < 1.29 is 9.59 Å². The molecule has 2 aromatic carbocycles. The van der Waals surface area contributed by atoms with Crippen LogP contribution in [0.25, 0.3) is 5.69 Å². The summed E-state index contributed by atoms with van der Waals surface area (Å²) in [6.45, 7) is 4.27. The van der Waals surface area contributed by atoms with Gasteiger partial charge in [0.15, 0.2) is 0 Å². The van der Waals surface area contributed by atoms with Crippen LogP contribution in [0.4, 0.5) is 10.5 Å². The minimum absolute atomic E-state index is 0.116. The Morgan fingerprint density at radius 3 is 2.23 bits per heavy atom. The van der Waals surface area contributed by atoms with Gasteiger partial charge in [-0.1, -0.05) is 60.1 Å². The van der Waals surface area contributed by atoms with Crippen LogP contribution >= 0.6 is 11.6 Å². The second-order valence-corrected chi connectivity index (χ2v) is 9.18. The summed E-state index contributed by atoms with van der Waals surface area (Å²) in [4.78, 5) is 44.0. The Hall–Kier alpha value is -3.69. The van der Waals surface area contributed by atoms with Crippen LogP contribution in [0.1, 0.15) is 12.5 Å². The fourth-order valence-electron chi connectivity index (χ4n) is 4.52. The monoisotopic (exact) mass is 492 g/mol. The number of amides is 3. The van der Waals surface area contributed by atoms with Crippen LogP contribution < -0.4 is 15.8 Å². The third-order valence-electron chi connectivity index (χ3n) is 6.58. The van der Waals surface area contributed by atoms with E-state index in [1.54, 1.807) is 25.3 Å². The van der Waals surface area contributed by atoms with Crippen molar-refractivity contribution in [1.82, 2.24) is 24.9 Å². The van der Waals surface area contributed by atoms with Gasteiger partial charge in [0.25, 0.3) is 11.5 Å². The second kappa shape index (κ2) is 9.16. The number of para-hydroxylation sites is 1. The van der Waals surface area contributed by atoms with E-state index >= 15 is 0 Å². The van der Waals surface area contributed by atoms with Crippen molar-refractivity contribution in [2.45, 2.75) is 12.5 Å². The van der Waals surface area contributed by atoms with E-state index in [1.807, 2.05) is 58.3 Å². The molecule has 0 spiro atoms.